The second-order valence-electron chi connectivity index (χ2n) is 2.74. The molecule has 1 atom stereocenters. The highest BCUT2D eigenvalue weighted by molar-refractivity contribution is 6.31. The first-order chi connectivity index (χ1) is 6.49. The Morgan fingerprint density at radius 3 is 2.57 bits per heavy atom. The molecule has 78 valence electrons. The number of aliphatic hydroxyl groups is 1. The Bertz CT molecular complexity index is 333. The number of hydrogen-bond acceptors (Lipinski definition) is 4. The highest BCUT2D eigenvalue weighted by Crippen LogP contribution is 2.37. The quantitative estimate of drug-likeness (QED) is 0.559. The lowest BCUT2D eigenvalue weighted by molar-refractivity contribution is 0.261. The van der Waals surface area contributed by atoms with Gasteiger partial charge in [0.2, 0.25) is 0 Å². The van der Waals surface area contributed by atoms with E-state index in [9.17, 15) is 9.50 Å². The van der Waals surface area contributed by atoms with Gasteiger partial charge < -0.3 is 21.1 Å². The van der Waals surface area contributed by atoms with Gasteiger partial charge in [-0.05, 0) is 0 Å². The van der Waals surface area contributed by atoms with Gasteiger partial charge in [-0.15, -0.1) is 0 Å². The van der Waals surface area contributed by atoms with Crippen molar-refractivity contribution in [3.8, 4) is 11.5 Å². The minimum Gasteiger partial charge on any atom is -0.504 e. The molecule has 0 aliphatic rings. The maximum atomic E-state index is 13.3. The fraction of sp³-hybridized carbons (Fsp3) is 0.250. The van der Waals surface area contributed by atoms with Gasteiger partial charge in [0, 0.05) is 6.07 Å². The summed E-state index contributed by atoms with van der Waals surface area (Å²) in [5.74, 6) is -2.22. The number of halogens is 2. The predicted molar refractivity (Wildman–Crippen MR) is 48.8 cm³/mol. The Morgan fingerprint density at radius 2 is 2.07 bits per heavy atom. The molecule has 0 aliphatic heterocycles. The van der Waals surface area contributed by atoms with Crippen molar-refractivity contribution in [2.75, 3.05) is 6.61 Å². The molecule has 5 N–H and O–H groups in total. The molecule has 1 unspecified atom stereocenters. The van der Waals surface area contributed by atoms with Crippen molar-refractivity contribution in [1.82, 2.24) is 0 Å². The number of phenols is 2. The molecule has 0 heterocycles. The van der Waals surface area contributed by atoms with Crippen LogP contribution in [0.15, 0.2) is 6.07 Å². The van der Waals surface area contributed by atoms with Crippen LogP contribution >= 0.6 is 11.6 Å². The summed E-state index contributed by atoms with van der Waals surface area (Å²) in [6.45, 7) is -0.565. The summed E-state index contributed by atoms with van der Waals surface area (Å²) in [7, 11) is 0. The van der Waals surface area contributed by atoms with E-state index < -0.39 is 35.5 Å². The highest BCUT2D eigenvalue weighted by atomic mass is 35.5. The van der Waals surface area contributed by atoms with Crippen molar-refractivity contribution in [3.63, 3.8) is 0 Å². The van der Waals surface area contributed by atoms with Gasteiger partial charge in [-0.25, -0.2) is 4.39 Å². The van der Waals surface area contributed by atoms with E-state index in [4.69, 9.17) is 27.5 Å². The largest absolute Gasteiger partial charge is 0.504 e. The maximum Gasteiger partial charge on any atom is 0.165 e. The van der Waals surface area contributed by atoms with Crippen LogP contribution in [0.25, 0.3) is 0 Å². The molecule has 0 bridgehead atoms. The number of hydrogen-bond donors (Lipinski definition) is 4. The summed E-state index contributed by atoms with van der Waals surface area (Å²) in [4.78, 5) is 0. The van der Waals surface area contributed by atoms with Crippen LogP contribution in [0.1, 0.15) is 11.6 Å². The van der Waals surface area contributed by atoms with Crippen LogP contribution in [-0.2, 0) is 0 Å². The van der Waals surface area contributed by atoms with E-state index in [0.29, 0.717) is 0 Å². The number of phenolic OH excluding ortho intramolecular Hbond substituents is 2. The van der Waals surface area contributed by atoms with Crippen LogP contribution in [0.5, 0.6) is 11.5 Å². The molecule has 4 nitrogen and oxygen atoms in total. The number of aliphatic hydroxyl groups excluding tert-OH is 1. The SMILES string of the molecule is NC(CO)c1c(O)c(O)cc(Cl)c1F. The van der Waals surface area contributed by atoms with Crippen molar-refractivity contribution >= 4 is 11.6 Å². The number of aromatic hydroxyl groups is 2. The Morgan fingerprint density at radius 1 is 1.50 bits per heavy atom. The molecule has 0 aromatic heterocycles. The molecule has 0 fully saturated rings. The lowest BCUT2D eigenvalue weighted by Crippen LogP contribution is -2.16. The standard InChI is InChI=1S/C8H9ClFNO3/c9-3-1-5(13)8(14)6(7(3)10)4(11)2-12/h1,4,12-14H,2,11H2. The third-order valence-electron chi connectivity index (χ3n) is 1.77. The normalized spacial score (nSPS) is 12.9. The van der Waals surface area contributed by atoms with Gasteiger partial charge in [-0.1, -0.05) is 11.6 Å². The summed E-state index contributed by atoms with van der Waals surface area (Å²) in [6.07, 6.45) is 0. The van der Waals surface area contributed by atoms with Crippen molar-refractivity contribution in [2.24, 2.45) is 5.73 Å². The smallest absolute Gasteiger partial charge is 0.165 e. The summed E-state index contributed by atoms with van der Waals surface area (Å²) in [5.41, 5.74) is 4.92. The zero-order valence-corrected chi connectivity index (χ0v) is 7.79. The van der Waals surface area contributed by atoms with Crippen LogP contribution < -0.4 is 5.73 Å². The predicted octanol–water partition coefficient (Wildman–Crippen LogP) is 0.882. The average Bonchev–Trinajstić information content (AvgIpc) is 2.15. The zero-order chi connectivity index (χ0) is 10.9. The van der Waals surface area contributed by atoms with Gasteiger partial charge in [-0.3, -0.25) is 0 Å². The average molecular weight is 222 g/mol. The highest BCUT2D eigenvalue weighted by Gasteiger charge is 2.21. The van der Waals surface area contributed by atoms with Crippen LogP contribution in [0, 0.1) is 5.82 Å². The molecule has 0 amide bonds. The van der Waals surface area contributed by atoms with Crippen molar-refractivity contribution < 1.29 is 19.7 Å². The number of rotatable bonds is 2. The minimum absolute atomic E-state index is 0.362. The molecule has 1 aromatic carbocycles. The van der Waals surface area contributed by atoms with E-state index in [0.717, 1.165) is 6.07 Å². The molecule has 6 heteroatoms. The first kappa shape index (κ1) is 11.0. The van der Waals surface area contributed by atoms with Crippen LogP contribution in [-0.4, -0.2) is 21.9 Å². The van der Waals surface area contributed by atoms with Gasteiger partial charge >= 0.3 is 0 Å². The Hall–Kier alpha value is -1.04. The number of benzene rings is 1. The van der Waals surface area contributed by atoms with Gasteiger partial charge in [0.15, 0.2) is 17.3 Å². The third kappa shape index (κ3) is 1.75. The van der Waals surface area contributed by atoms with Crippen molar-refractivity contribution in [3.05, 3.63) is 22.5 Å². The first-order valence-corrected chi connectivity index (χ1v) is 4.13. The monoisotopic (exact) mass is 221 g/mol. The summed E-state index contributed by atoms with van der Waals surface area (Å²) >= 11 is 5.41. The van der Waals surface area contributed by atoms with Crippen LogP contribution in [0.2, 0.25) is 5.02 Å². The van der Waals surface area contributed by atoms with E-state index in [1.807, 2.05) is 0 Å². The van der Waals surface area contributed by atoms with E-state index in [1.54, 1.807) is 0 Å². The topological polar surface area (TPSA) is 86.7 Å². The Kier molecular flexibility index (Phi) is 3.15. The molecule has 0 saturated carbocycles. The van der Waals surface area contributed by atoms with E-state index >= 15 is 0 Å². The molecule has 0 saturated heterocycles. The van der Waals surface area contributed by atoms with Crippen molar-refractivity contribution in [1.29, 1.82) is 0 Å². The van der Waals surface area contributed by atoms with E-state index in [2.05, 4.69) is 0 Å². The summed E-state index contributed by atoms with van der Waals surface area (Å²) in [6, 6.07) is -0.264. The third-order valence-corrected chi connectivity index (χ3v) is 2.05. The minimum atomic E-state index is -1.13. The fourth-order valence-electron chi connectivity index (χ4n) is 1.05. The molecular weight excluding hydrogens is 213 g/mol. The van der Waals surface area contributed by atoms with E-state index in [1.165, 1.54) is 0 Å². The maximum absolute atomic E-state index is 13.3. The molecule has 0 aliphatic carbocycles. The van der Waals surface area contributed by atoms with Gasteiger partial charge in [0.05, 0.1) is 23.2 Å². The van der Waals surface area contributed by atoms with E-state index in [-0.39, 0.29) is 5.02 Å². The zero-order valence-electron chi connectivity index (χ0n) is 7.04. The molecule has 1 aromatic rings. The van der Waals surface area contributed by atoms with Crippen LogP contribution in [0.4, 0.5) is 4.39 Å². The Labute approximate surface area is 84.4 Å². The molecule has 0 radical (unpaired) electrons. The van der Waals surface area contributed by atoms with Gasteiger partial charge in [0.1, 0.15) is 0 Å². The van der Waals surface area contributed by atoms with Gasteiger partial charge in [-0.2, -0.15) is 0 Å². The van der Waals surface area contributed by atoms with Crippen LogP contribution in [0.3, 0.4) is 0 Å². The number of nitrogens with two attached hydrogens (primary N) is 1. The second-order valence-corrected chi connectivity index (χ2v) is 3.15. The summed E-state index contributed by atoms with van der Waals surface area (Å²) < 4.78 is 13.3. The van der Waals surface area contributed by atoms with Crippen molar-refractivity contribution in [2.45, 2.75) is 6.04 Å². The molecular formula is C8H9ClFNO3. The lowest BCUT2D eigenvalue weighted by Gasteiger charge is -2.13. The molecule has 0 spiro atoms. The van der Waals surface area contributed by atoms with Gasteiger partial charge in [0.25, 0.3) is 0 Å². The second kappa shape index (κ2) is 4.00. The first-order valence-electron chi connectivity index (χ1n) is 3.75. The Balaban J connectivity index is 3.39. The fourth-order valence-corrected chi connectivity index (χ4v) is 1.26. The molecule has 1 rings (SSSR count). The molecule has 14 heavy (non-hydrogen) atoms. The summed E-state index contributed by atoms with van der Waals surface area (Å²) in [5, 5.41) is 26.7. The lowest BCUT2D eigenvalue weighted by atomic mass is 10.1.